The van der Waals surface area contributed by atoms with E-state index in [0.29, 0.717) is 11.3 Å². The fourth-order valence-electron chi connectivity index (χ4n) is 0.314. The van der Waals surface area contributed by atoms with E-state index in [2.05, 4.69) is 4.98 Å². The lowest BCUT2D eigenvalue weighted by molar-refractivity contribution is -0.140. The third-order valence-corrected chi connectivity index (χ3v) is 1.22. The van der Waals surface area contributed by atoms with Gasteiger partial charge in [0.15, 0.2) is 5.69 Å². The average molecular weight is 154 g/mol. The molecule has 0 aliphatic rings. The van der Waals surface area contributed by atoms with Gasteiger partial charge in [0, 0.05) is 5.38 Å². The molecule has 9 heavy (non-hydrogen) atoms. The van der Waals surface area contributed by atoms with Crippen LogP contribution in [0.2, 0.25) is 0 Å². The Morgan fingerprint density at radius 3 is 2.56 bits per heavy atom. The summed E-state index contributed by atoms with van der Waals surface area (Å²) in [4.78, 5) is 2.94. The third-order valence-electron chi connectivity index (χ3n) is 0.680. The first-order valence-electron chi connectivity index (χ1n) is 2.49. The van der Waals surface area contributed by atoms with E-state index in [1.807, 2.05) is 0 Å². The van der Waals surface area contributed by atoms with Gasteiger partial charge in [-0.05, 0) is 0 Å². The number of hydrogen-bond acceptors (Lipinski definition) is 2. The second-order valence-corrected chi connectivity index (χ2v) is 1.98. The number of alkyl halides is 3. The van der Waals surface area contributed by atoms with Crippen molar-refractivity contribution in [2.45, 2.75) is 6.18 Å². The summed E-state index contributed by atoms with van der Waals surface area (Å²) >= 11 is 0.667. The molecule has 0 aliphatic heterocycles. The Morgan fingerprint density at radius 2 is 2.33 bits per heavy atom. The molecule has 0 aromatic carbocycles. The molecule has 1 rings (SSSR count). The number of thiazole rings is 1. The zero-order chi connectivity index (χ0) is 7.78. The van der Waals surface area contributed by atoms with Crippen LogP contribution in [0.1, 0.15) is 7.06 Å². The first kappa shape index (κ1) is 5.22. The van der Waals surface area contributed by atoms with Gasteiger partial charge in [0.2, 0.25) is 0 Å². The fourth-order valence-corrected chi connectivity index (χ4v) is 0.816. The maximum atomic E-state index is 11.7. The molecule has 1 aromatic rings. The van der Waals surface area contributed by atoms with Gasteiger partial charge in [0.1, 0.15) is 0 Å². The summed E-state index contributed by atoms with van der Waals surface area (Å²) in [5, 5.41) is 0.822. The van der Waals surface area contributed by atoms with Gasteiger partial charge in [0.05, 0.1) is 6.86 Å². The van der Waals surface area contributed by atoms with Crippen LogP contribution in [-0.2, 0) is 6.18 Å². The van der Waals surface area contributed by atoms with Crippen molar-refractivity contribution in [1.82, 2.24) is 4.98 Å². The van der Waals surface area contributed by atoms with Crippen molar-refractivity contribution in [3.8, 4) is 0 Å². The molecule has 0 bridgehead atoms. The molecule has 1 aromatic heterocycles. The van der Waals surface area contributed by atoms with Gasteiger partial charge in [0.25, 0.3) is 0 Å². The molecule has 0 fully saturated rings. The second-order valence-electron chi connectivity index (χ2n) is 1.32. The number of hydrogen-bond donors (Lipinski definition) is 0. The molecular formula is C4H2F3NS. The van der Waals surface area contributed by atoms with Gasteiger partial charge in [-0.1, -0.05) is 0 Å². The summed E-state index contributed by atoms with van der Waals surface area (Å²) in [7, 11) is 0. The number of halogens is 3. The minimum absolute atomic E-state index is 0.313. The Hall–Kier alpha value is -0.580. The summed E-state index contributed by atoms with van der Waals surface area (Å²) in [5.41, 5.74) is -1.30. The van der Waals surface area contributed by atoms with Crippen molar-refractivity contribution in [2.75, 3.05) is 0 Å². The van der Waals surface area contributed by atoms with E-state index in [1.54, 1.807) is 0 Å². The number of nitrogens with zero attached hydrogens (tertiary/aromatic N) is 1. The van der Waals surface area contributed by atoms with Crippen LogP contribution in [0, 0.1) is 0 Å². The lowest BCUT2D eigenvalue weighted by atomic mass is 10.5. The zero-order valence-electron chi connectivity index (χ0n) is 5.07. The molecule has 5 heteroatoms. The van der Waals surface area contributed by atoms with Crippen LogP contribution in [0.3, 0.4) is 0 Å². The Balaban J connectivity index is 2.96. The van der Waals surface area contributed by atoms with Crippen LogP contribution in [0.5, 0.6) is 0 Å². The van der Waals surface area contributed by atoms with Crippen molar-refractivity contribution in [2.24, 2.45) is 0 Å². The van der Waals surface area contributed by atoms with Gasteiger partial charge in [-0.2, -0.15) is 13.2 Å². The molecule has 1 nitrogen and oxygen atoms in total. The van der Waals surface area contributed by atoms with Gasteiger partial charge in [-0.25, -0.2) is 4.98 Å². The van der Waals surface area contributed by atoms with Crippen molar-refractivity contribution in [1.29, 1.82) is 0 Å². The molecule has 50 valence electrons. The van der Waals surface area contributed by atoms with E-state index in [4.69, 9.17) is 1.37 Å². The molecule has 0 aliphatic carbocycles. The van der Waals surface area contributed by atoms with Crippen molar-refractivity contribution >= 4 is 11.3 Å². The van der Waals surface area contributed by atoms with E-state index >= 15 is 0 Å². The molecule has 0 N–H and O–H groups in total. The summed E-state index contributed by atoms with van der Waals surface area (Å²) in [5.74, 6) is 0. The second kappa shape index (κ2) is 1.98. The highest BCUT2D eigenvalue weighted by atomic mass is 32.1. The zero-order valence-corrected chi connectivity index (χ0v) is 4.88. The summed E-state index contributed by atoms with van der Waals surface area (Å²) in [6, 6.07) is 0. The van der Waals surface area contributed by atoms with Crippen LogP contribution >= 0.6 is 11.3 Å². The van der Waals surface area contributed by atoms with E-state index in [1.165, 1.54) is 0 Å². The predicted molar refractivity (Wildman–Crippen MR) is 27.1 cm³/mol. The minimum atomic E-state index is -4.41. The average Bonchev–Trinajstić information content (AvgIpc) is 2.11. The summed E-state index contributed by atoms with van der Waals surface area (Å²) in [6.45, 7) is 0. The molecule has 0 radical (unpaired) electrons. The van der Waals surface area contributed by atoms with Crippen molar-refractivity contribution in [3.05, 3.63) is 16.6 Å². The molecule has 0 saturated heterocycles. The summed E-state index contributed by atoms with van der Waals surface area (Å²) < 4.78 is 41.7. The summed E-state index contributed by atoms with van der Waals surface area (Å²) in [6.07, 6.45) is -4.41. The van der Waals surface area contributed by atoms with Crippen LogP contribution in [0.25, 0.3) is 0 Å². The topological polar surface area (TPSA) is 12.9 Å². The van der Waals surface area contributed by atoms with Crippen LogP contribution in [0.15, 0.2) is 10.9 Å². The van der Waals surface area contributed by atoms with Crippen molar-refractivity contribution in [3.63, 3.8) is 0 Å². The van der Waals surface area contributed by atoms with Crippen LogP contribution in [-0.4, -0.2) is 4.98 Å². The van der Waals surface area contributed by atoms with Crippen LogP contribution in [0.4, 0.5) is 13.2 Å². The Bertz CT molecular complexity index is 231. The Kier molecular flexibility index (Phi) is 1.15. The molecule has 0 amide bonds. The van der Waals surface area contributed by atoms with E-state index in [-0.39, 0.29) is 5.49 Å². The maximum absolute atomic E-state index is 11.7. The van der Waals surface area contributed by atoms with E-state index in [0.717, 1.165) is 5.38 Å². The first-order valence-corrected chi connectivity index (χ1v) is 2.87. The standard InChI is InChI=1S/C4H2F3NS/c5-4(6,7)3-1-9-2-8-3/h1-2H/i2D. The normalized spacial score (nSPS) is 13.4. The fraction of sp³-hybridized carbons (Fsp3) is 0.250. The number of rotatable bonds is 0. The molecular weight excluding hydrogens is 151 g/mol. The van der Waals surface area contributed by atoms with Gasteiger partial charge in [-0.15, -0.1) is 11.3 Å². The van der Waals surface area contributed by atoms with Gasteiger partial charge < -0.3 is 0 Å². The monoisotopic (exact) mass is 154 g/mol. The van der Waals surface area contributed by atoms with Gasteiger partial charge in [-0.3, -0.25) is 0 Å². The van der Waals surface area contributed by atoms with Crippen LogP contribution < -0.4 is 0 Å². The van der Waals surface area contributed by atoms with E-state index in [9.17, 15) is 13.2 Å². The third kappa shape index (κ3) is 1.41. The molecule has 1 heterocycles. The largest absolute Gasteiger partial charge is 0.434 e. The molecule has 0 spiro atoms. The molecule has 0 saturated carbocycles. The highest BCUT2D eigenvalue weighted by molar-refractivity contribution is 7.07. The lowest BCUT2D eigenvalue weighted by Crippen LogP contribution is -2.04. The van der Waals surface area contributed by atoms with E-state index < -0.39 is 11.9 Å². The smallest absolute Gasteiger partial charge is 0.240 e. The quantitative estimate of drug-likeness (QED) is 0.558. The molecule has 0 unspecified atom stereocenters. The highest BCUT2D eigenvalue weighted by Crippen LogP contribution is 2.28. The minimum Gasteiger partial charge on any atom is -0.240 e. The predicted octanol–water partition coefficient (Wildman–Crippen LogP) is 2.16. The SMILES string of the molecule is [2H]c1nc(C(F)(F)F)cs1. The van der Waals surface area contributed by atoms with Gasteiger partial charge >= 0.3 is 6.18 Å². The Morgan fingerprint density at radius 1 is 1.67 bits per heavy atom. The lowest BCUT2D eigenvalue weighted by Gasteiger charge is -1.98. The first-order chi connectivity index (χ1) is 4.50. The highest BCUT2D eigenvalue weighted by Gasteiger charge is 2.32. The Labute approximate surface area is 54.6 Å². The van der Waals surface area contributed by atoms with Crippen molar-refractivity contribution < 1.29 is 14.5 Å². The number of aromatic nitrogens is 1. The maximum Gasteiger partial charge on any atom is 0.434 e. The molecule has 0 atom stereocenters.